The maximum absolute atomic E-state index is 9.78. The number of aryl methyl sites for hydroxylation is 1. The summed E-state index contributed by atoms with van der Waals surface area (Å²) in [4.78, 5) is 0. The lowest BCUT2D eigenvalue weighted by Gasteiger charge is -2.21. The third kappa shape index (κ3) is 4.45. The van der Waals surface area contributed by atoms with Crippen LogP contribution >= 0.6 is 0 Å². The third-order valence-electron chi connectivity index (χ3n) is 2.72. The highest BCUT2D eigenvalue weighted by atomic mass is 16.3. The third-order valence-corrected chi connectivity index (χ3v) is 2.72. The van der Waals surface area contributed by atoms with Gasteiger partial charge in [0, 0.05) is 13.1 Å². The van der Waals surface area contributed by atoms with E-state index in [0.29, 0.717) is 6.54 Å². The van der Waals surface area contributed by atoms with Crippen molar-refractivity contribution in [3.05, 3.63) is 35.4 Å². The van der Waals surface area contributed by atoms with Crippen LogP contribution in [0.5, 0.6) is 0 Å². The fourth-order valence-electron chi connectivity index (χ4n) is 1.31. The molecule has 0 saturated carbocycles. The number of nitrogens with one attached hydrogen (secondary N) is 1. The van der Waals surface area contributed by atoms with E-state index in [0.717, 1.165) is 13.0 Å². The SMILES string of the molecule is CCC(C)(O)CNCc1ccc(C)cc1. The molecular formula is C13H21NO. The summed E-state index contributed by atoms with van der Waals surface area (Å²) in [5, 5.41) is 13.0. The van der Waals surface area contributed by atoms with Gasteiger partial charge in [0.2, 0.25) is 0 Å². The molecule has 1 unspecified atom stereocenters. The first-order valence-electron chi connectivity index (χ1n) is 5.52. The Morgan fingerprint density at radius 3 is 2.40 bits per heavy atom. The van der Waals surface area contributed by atoms with Crippen molar-refractivity contribution >= 4 is 0 Å². The standard InChI is InChI=1S/C13H21NO/c1-4-13(3,15)10-14-9-12-7-5-11(2)6-8-12/h5-8,14-15H,4,9-10H2,1-3H3. The van der Waals surface area contributed by atoms with Gasteiger partial charge in [-0.05, 0) is 25.8 Å². The van der Waals surface area contributed by atoms with E-state index in [4.69, 9.17) is 0 Å². The summed E-state index contributed by atoms with van der Waals surface area (Å²) in [6.07, 6.45) is 0.772. The van der Waals surface area contributed by atoms with Crippen LogP contribution in [-0.2, 0) is 6.54 Å². The number of hydrogen-bond donors (Lipinski definition) is 2. The van der Waals surface area contributed by atoms with Crippen molar-refractivity contribution in [1.82, 2.24) is 5.32 Å². The quantitative estimate of drug-likeness (QED) is 0.776. The first kappa shape index (κ1) is 12.2. The molecule has 0 aliphatic carbocycles. The van der Waals surface area contributed by atoms with Crippen molar-refractivity contribution in [2.45, 2.75) is 39.3 Å². The van der Waals surface area contributed by atoms with Crippen LogP contribution in [0.15, 0.2) is 24.3 Å². The minimum atomic E-state index is -0.593. The summed E-state index contributed by atoms with van der Waals surface area (Å²) >= 11 is 0. The van der Waals surface area contributed by atoms with Crippen LogP contribution in [0.4, 0.5) is 0 Å². The minimum absolute atomic E-state index is 0.593. The fraction of sp³-hybridized carbons (Fsp3) is 0.538. The Bertz CT molecular complexity index is 290. The van der Waals surface area contributed by atoms with Crippen molar-refractivity contribution in [2.24, 2.45) is 0 Å². The number of hydrogen-bond acceptors (Lipinski definition) is 2. The van der Waals surface area contributed by atoms with E-state index in [1.54, 1.807) is 0 Å². The van der Waals surface area contributed by atoms with Gasteiger partial charge in [0.15, 0.2) is 0 Å². The summed E-state index contributed by atoms with van der Waals surface area (Å²) in [6, 6.07) is 8.44. The van der Waals surface area contributed by atoms with Crippen LogP contribution in [0.25, 0.3) is 0 Å². The van der Waals surface area contributed by atoms with Crippen molar-refractivity contribution in [2.75, 3.05) is 6.54 Å². The zero-order chi connectivity index (χ0) is 11.3. The monoisotopic (exact) mass is 207 g/mol. The lowest BCUT2D eigenvalue weighted by Crippen LogP contribution is -2.36. The van der Waals surface area contributed by atoms with Crippen LogP contribution in [0.3, 0.4) is 0 Å². The zero-order valence-electron chi connectivity index (χ0n) is 9.88. The molecule has 1 atom stereocenters. The van der Waals surface area contributed by atoms with E-state index >= 15 is 0 Å². The second kappa shape index (κ2) is 5.29. The molecule has 2 N–H and O–H groups in total. The lowest BCUT2D eigenvalue weighted by atomic mass is 10.0. The van der Waals surface area contributed by atoms with Gasteiger partial charge in [-0.1, -0.05) is 36.8 Å². The second-order valence-corrected chi connectivity index (χ2v) is 4.44. The largest absolute Gasteiger partial charge is 0.389 e. The van der Waals surface area contributed by atoms with Crippen molar-refractivity contribution < 1.29 is 5.11 Å². The van der Waals surface area contributed by atoms with Gasteiger partial charge in [-0.15, -0.1) is 0 Å². The summed E-state index contributed by atoms with van der Waals surface area (Å²) in [5.41, 5.74) is 1.94. The van der Waals surface area contributed by atoms with E-state index in [1.807, 2.05) is 13.8 Å². The topological polar surface area (TPSA) is 32.3 Å². The van der Waals surface area contributed by atoms with Gasteiger partial charge < -0.3 is 10.4 Å². The minimum Gasteiger partial charge on any atom is -0.389 e. The van der Waals surface area contributed by atoms with Crippen molar-refractivity contribution in [1.29, 1.82) is 0 Å². The predicted molar refractivity (Wildman–Crippen MR) is 63.8 cm³/mol. The zero-order valence-corrected chi connectivity index (χ0v) is 9.88. The van der Waals surface area contributed by atoms with E-state index in [-0.39, 0.29) is 0 Å². The highest BCUT2D eigenvalue weighted by molar-refractivity contribution is 5.21. The van der Waals surface area contributed by atoms with Gasteiger partial charge in [-0.25, -0.2) is 0 Å². The van der Waals surface area contributed by atoms with Crippen LogP contribution in [0.1, 0.15) is 31.4 Å². The first-order valence-corrected chi connectivity index (χ1v) is 5.52. The molecule has 2 nitrogen and oxygen atoms in total. The molecule has 2 heteroatoms. The molecule has 1 aromatic rings. The Hall–Kier alpha value is -0.860. The van der Waals surface area contributed by atoms with E-state index in [9.17, 15) is 5.11 Å². The fourth-order valence-corrected chi connectivity index (χ4v) is 1.31. The van der Waals surface area contributed by atoms with E-state index < -0.39 is 5.60 Å². The van der Waals surface area contributed by atoms with E-state index in [1.165, 1.54) is 11.1 Å². The Kier molecular flexibility index (Phi) is 4.30. The molecule has 0 saturated heterocycles. The first-order chi connectivity index (χ1) is 7.03. The smallest absolute Gasteiger partial charge is 0.0741 e. The van der Waals surface area contributed by atoms with Gasteiger partial charge >= 0.3 is 0 Å². The summed E-state index contributed by atoms with van der Waals surface area (Å²) in [5.74, 6) is 0. The van der Waals surface area contributed by atoms with Gasteiger partial charge in [0.25, 0.3) is 0 Å². The molecule has 0 amide bonds. The number of benzene rings is 1. The highest BCUT2D eigenvalue weighted by Gasteiger charge is 2.15. The Labute approximate surface area is 92.3 Å². The Morgan fingerprint density at radius 2 is 1.87 bits per heavy atom. The summed E-state index contributed by atoms with van der Waals surface area (Å²) < 4.78 is 0. The van der Waals surface area contributed by atoms with Gasteiger partial charge in [-0.2, -0.15) is 0 Å². The normalized spacial score (nSPS) is 14.9. The molecular weight excluding hydrogens is 186 g/mol. The number of aliphatic hydroxyl groups is 1. The molecule has 0 spiro atoms. The lowest BCUT2D eigenvalue weighted by molar-refractivity contribution is 0.0555. The Morgan fingerprint density at radius 1 is 1.27 bits per heavy atom. The maximum Gasteiger partial charge on any atom is 0.0741 e. The second-order valence-electron chi connectivity index (χ2n) is 4.44. The molecule has 0 fully saturated rings. The molecule has 1 aromatic carbocycles. The van der Waals surface area contributed by atoms with Gasteiger partial charge in [-0.3, -0.25) is 0 Å². The molecule has 15 heavy (non-hydrogen) atoms. The van der Waals surface area contributed by atoms with Crippen molar-refractivity contribution in [3.63, 3.8) is 0 Å². The predicted octanol–water partition coefficient (Wildman–Crippen LogP) is 2.25. The molecule has 0 aromatic heterocycles. The molecule has 0 radical (unpaired) electrons. The van der Waals surface area contributed by atoms with Crippen LogP contribution in [0, 0.1) is 6.92 Å². The molecule has 0 bridgehead atoms. The summed E-state index contributed by atoms with van der Waals surface area (Å²) in [7, 11) is 0. The average molecular weight is 207 g/mol. The molecule has 84 valence electrons. The van der Waals surface area contributed by atoms with Crippen LogP contribution in [0.2, 0.25) is 0 Å². The Balaban J connectivity index is 2.35. The molecule has 1 rings (SSSR count). The maximum atomic E-state index is 9.78. The molecule has 0 aliphatic rings. The van der Waals surface area contributed by atoms with Crippen LogP contribution < -0.4 is 5.32 Å². The summed E-state index contributed by atoms with van der Waals surface area (Å²) in [6.45, 7) is 7.38. The molecule has 0 heterocycles. The number of rotatable bonds is 5. The average Bonchev–Trinajstić information content (AvgIpc) is 2.21. The van der Waals surface area contributed by atoms with Crippen molar-refractivity contribution in [3.8, 4) is 0 Å². The van der Waals surface area contributed by atoms with E-state index in [2.05, 4.69) is 36.5 Å². The van der Waals surface area contributed by atoms with Crippen LogP contribution in [-0.4, -0.2) is 17.3 Å². The highest BCUT2D eigenvalue weighted by Crippen LogP contribution is 2.07. The molecule has 0 aliphatic heterocycles. The van der Waals surface area contributed by atoms with Gasteiger partial charge in [0.05, 0.1) is 5.60 Å². The van der Waals surface area contributed by atoms with Gasteiger partial charge in [0.1, 0.15) is 0 Å².